The second-order valence-electron chi connectivity index (χ2n) is 5.47. The summed E-state index contributed by atoms with van der Waals surface area (Å²) < 4.78 is 5.79. The summed E-state index contributed by atoms with van der Waals surface area (Å²) in [6, 6.07) is 7.61. The summed E-state index contributed by atoms with van der Waals surface area (Å²) in [5.41, 5.74) is 9.71. The maximum atomic E-state index is 12.2. The summed E-state index contributed by atoms with van der Waals surface area (Å²) >= 11 is 1.17. The highest BCUT2D eigenvalue weighted by molar-refractivity contribution is 7.17. The van der Waals surface area contributed by atoms with Crippen molar-refractivity contribution in [3.8, 4) is 5.75 Å². The van der Waals surface area contributed by atoms with Gasteiger partial charge < -0.3 is 10.5 Å². The fourth-order valence-corrected chi connectivity index (χ4v) is 3.06. The minimum absolute atomic E-state index is 0.302. The van der Waals surface area contributed by atoms with Gasteiger partial charge in [-0.25, -0.2) is 10.4 Å². The van der Waals surface area contributed by atoms with Gasteiger partial charge in [-0.1, -0.05) is 50.2 Å². The Hall–Kier alpha value is -2.41. The van der Waals surface area contributed by atoms with Gasteiger partial charge in [0.2, 0.25) is 0 Å². The topological polar surface area (TPSA) is 89.6 Å². The van der Waals surface area contributed by atoms with Gasteiger partial charge in [0.05, 0.1) is 18.5 Å². The van der Waals surface area contributed by atoms with E-state index in [2.05, 4.69) is 22.4 Å². The number of amides is 1. The number of ether oxygens (including phenoxy) is 1. The van der Waals surface area contributed by atoms with Gasteiger partial charge in [-0.05, 0) is 25.0 Å². The molecule has 3 N–H and O–H groups in total. The van der Waals surface area contributed by atoms with Crippen molar-refractivity contribution in [2.24, 2.45) is 5.10 Å². The minimum Gasteiger partial charge on any atom is -0.493 e. The molecule has 0 saturated carbocycles. The molecule has 0 atom stereocenters. The molecule has 1 heterocycles. The number of nitrogens with zero attached hydrogens (tertiary/aromatic N) is 2. The number of thiazole rings is 1. The van der Waals surface area contributed by atoms with Crippen LogP contribution in [0.4, 0.5) is 5.13 Å². The maximum absolute atomic E-state index is 12.2. The molecule has 2 aromatic rings. The number of hydrazone groups is 1. The number of nitrogens with one attached hydrogen (secondary N) is 1. The molecule has 7 heteroatoms. The molecule has 25 heavy (non-hydrogen) atoms. The van der Waals surface area contributed by atoms with E-state index in [4.69, 9.17) is 10.5 Å². The van der Waals surface area contributed by atoms with Crippen LogP contribution in [0.2, 0.25) is 0 Å². The lowest BCUT2D eigenvalue weighted by molar-refractivity contribution is 0.0958. The summed E-state index contributed by atoms with van der Waals surface area (Å²) in [5.74, 6) is 0.455. The number of nitrogen functional groups attached to an aromatic ring is 1. The fourth-order valence-electron chi connectivity index (χ4n) is 2.25. The van der Waals surface area contributed by atoms with Gasteiger partial charge in [0, 0.05) is 5.56 Å². The molecular weight excluding hydrogens is 336 g/mol. The average Bonchev–Trinajstić information content (AvgIpc) is 3.01. The Labute approximate surface area is 152 Å². The zero-order chi connectivity index (χ0) is 18.1. The van der Waals surface area contributed by atoms with E-state index < -0.39 is 0 Å². The molecular formula is C18H24N4O2S. The van der Waals surface area contributed by atoms with Gasteiger partial charge in [0.15, 0.2) is 5.13 Å². The van der Waals surface area contributed by atoms with E-state index in [1.165, 1.54) is 11.3 Å². The summed E-state index contributed by atoms with van der Waals surface area (Å²) in [4.78, 5) is 16.9. The van der Waals surface area contributed by atoms with Crippen LogP contribution in [-0.2, 0) is 6.42 Å². The van der Waals surface area contributed by atoms with Crippen LogP contribution in [0.15, 0.2) is 29.4 Å². The third-order valence-corrected chi connectivity index (χ3v) is 4.47. The van der Waals surface area contributed by atoms with Crippen molar-refractivity contribution in [3.05, 3.63) is 40.4 Å². The van der Waals surface area contributed by atoms with Crippen LogP contribution in [-0.4, -0.2) is 23.7 Å². The number of aryl methyl sites for hydroxylation is 1. The van der Waals surface area contributed by atoms with Crippen LogP contribution >= 0.6 is 11.3 Å². The number of benzene rings is 1. The van der Waals surface area contributed by atoms with Crippen LogP contribution in [0.25, 0.3) is 0 Å². The van der Waals surface area contributed by atoms with Gasteiger partial charge in [0.25, 0.3) is 5.91 Å². The lowest BCUT2D eigenvalue weighted by Gasteiger charge is -2.08. The van der Waals surface area contributed by atoms with Gasteiger partial charge in [-0.3, -0.25) is 4.79 Å². The molecule has 1 aromatic carbocycles. The maximum Gasteiger partial charge on any atom is 0.283 e. The zero-order valence-electron chi connectivity index (χ0n) is 14.6. The van der Waals surface area contributed by atoms with E-state index >= 15 is 0 Å². The Morgan fingerprint density at radius 2 is 2.16 bits per heavy atom. The molecule has 0 unspecified atom stereocenters. The average molecular weight is 360 g/mol. The number of carbonyl (C=O) groups is 1. The normalized spacial score (nSPS) is 11.0. The molecule has 0 saturated heterocycles. The first kappa shape index (κ1) is 18.9. The standard InChI is InChI=1S/C18H24N4O2S/c1-3-5-8-11-24-15-10-7-6-9-13(15)12-20-22-17(23)16-14(4-2)21-18(19)25-16/h6-7,9-10,12H,3-5,8,11H2,1-2H3,(H2,19,21)(H,22,23). The molecule has 2 rings (SSSR count). The van der Waals surface area contributed by atoms with Gasteiger partial charge >= 0.3 is 0 Å². The summed E-state index contributed by atoms with van der Waals surface area (Å²) in [6.45, 7) is 4.76. The SMILES string of the molecule is CCCCCOc1ccccc1C=NNC(=O)c1sc(N)nc1CC. The number of hydrogen-bond donors (Lipinski definition) is 2. The molecule has 0 aliphatic heterocycles. The summed E-state index contributed by atoms with van der Waals surface area (Å²) in [5, 5.41) is 4.43. The highest BCUT2D eigenvalue weighted by atomic mass is 32.1. The van der Waals surface area contributed by atoms with Crippen molar-refractivity contribution in [2.75, 3.05) is 12.3 Å². The quantitative estimate of drug-likeness (QED) is 0.406. The Morgan fingerprint density at radius 1 is 1.36 bits per heavy atom. The van der Waals surface area contributed by atoms with Crippen molar-refractivity contribution < 1.29 is 9.53 Å². The number of anilines is 1. The highest BCUT2D eigenvalue weighted by Crippen LogP contribution is 2.21. The van der Waals surface area contributed by atoms with Crippen LogP contribution in [0.1, 0.15) is 54.0 Å². The zero-order valence-corrected chi connectivity index (χ0v) is 15.4. The van der Waals surface area contributed by atoms with Crippen LogP contribution in [0.5, 0.6) is 5.75 Å². The summed E-state index contributed by atoms with van der Waals surface area (Å²) in [7, 11) is 0. The van der Waals surface area contributed by atoms with E-state index in [0.29, 0.717) is 28.7 Å². The highest BCUT2D eigenvalue weighted by Gasteiger charge is 2.15. The van der Waals surface area contributed by atoms with Gasteiger partial charge in [0.1, 0.15) is 10.6 Å². The largest absolute Gasteiger partial charge is 0.493 e. The second kappa shape index (κ2) is 9.78. The number of carbonyl (C=O) groups excluding carboxylic acids is 1. The van der Waals surface area contributed by atoms with Crippen molar-refractivity contribution in [2.45, 2.75) is 39.5 Å². The molecule has 0 radical (unpaired) electrons. The molecule has 6 nitrogen and oxygen atoms in total. The Balaban J connectivity index is 1.98. The molecule has 0 spiro atoms. The Kier molecular flexibility index (Phi) is 7.40. The van der Waals surface area contributed by atoms with Crippen molar-refractivity contribution in [1.29, 1.82) is 0 Å². The molecule has 1 amide bonds. The van der Waals surface area contributed by atoms with Crippen LogP contribution in [0, 0.1) is 0 Å². The Bertz CT molecular complexity index is 728. The fraction of sp³-hybridized carbons (Fsp3) is 0.389. The number of hydrogen-bond acceptors (Lipinski definition) is 6. The molecule has 0 bridgehead atoms. The summed E-state index contributed by atoms with van der Waals surface area (Å²) in [6.07, 6.45) is 5.55. The predicted octanol–water partition coefficient (Wildman–Crippen LogP) is 3.62. The van der Waals surface area contributed by atoms with E-state index in [9.17, 15) is 4.79 Å². The monoisotopic (exact) mass is 360 g/mol. The van der Waals surface area contributed by atoms with Gasteiger partial charge in [-0.15, -0.1) is 0 Å². The first-order valence-electron chi connectivity index (χ1n) is 8.46. The van der Waals surface area contributed by atoms with E-state index in [-0.39, 0.29) is 5.91 Å². The number of aromatic nitrogens is 1. The first-order valence-corrected chi connectivity index (χ1v) is 9.27. The van der Waals surface area contributed by atoms with Crippen molar-refractivity contribution in [3.63, 3.8) is 0 Å². The minimum atomic E-state index is -0.302. The lowest BCUT2D eigenvalue weighted by atomic mass is 10.2. The predicted molar refractivity (Wildman–Crippen MR) is 102 cm³/mol. The number of rotatable bonds is 9. The van der Waals surface area contributed by atoms with Crippen LogP contribution in [0.3, 0.4) is 0 Å². The number of nitrogens with two attached hydrogens (primary N) is 1. The van der Waals surface area contributed by atoms with Crippen molar-refractivity contribution in [1.82, 2.24) is 10.4 Å². The van der Waals surface area contributed by atoms with E-state index in [1.807, 2.05) is 31.2 Å². The molecule has 134 valence electrons. The van der Waals surface area contributed by atoms with Gasteiger partial charge in [-0.2, -0.15) is 5.10 Å². The van der Waals surface area contributed by atoms with Crippen LogP contribution < -0.4 is 15.9 Å². The lowest BCUT2D eigenvalue weighted by Crippen LogP contribution is -2.17. The van der Waals surface area contributed by atoms with Crippen molar-refractivity contribution >= 4 is 28.6 Å². The van der Waals surface area contributed by atoms with E-state index in [0.717, 1.165) is 30.6 Å². The second-order valence-corrected chi connectivity index (χ2v) is 6.50. The molecule has 1 aromatic heterocycles. The molecule has 0 aliphatic carbocycles. The number of para-hydroxylation sites is 1. The number of unbranched alkanes of at least 4 members (excludes halogenated alkanes) is 2. The third kappa shape index (κ3) is 5.56. The third-order valence-electron chi connectivity index (χ3n) is 3.55. The Morgan fingerprint density at radius 3 is 2.92 bits per heavy atom. The smallest absolute Gasteiger partial charge is 0.283 e. The first-order chi connectivity index (χ1) is 12.2. The molecule has 0 aliphatic rings. The molecule has 0 fully saturated rings. The van der Waals surface area contributed by atoms with E-state index in [1.54, 1.807) is 6.21 Å².